The summed E-state index contributed by atoms with van der Waals surface area (Å²) in [5.74, 6) is 0.208. The van der Waals surface area contributed by atoms with Gasteiger partial charge in [0, 0.05) is 16.3 Å². The van der Waals surface area contributed by atoms with E-state index in [0.717, 1.165) is 27.6 Å². The minimum absolute atomic E-state index is 0.0638. The van der Waals surface area contributed by atoms with Crippen LogP contribution in [0.2, 0.25) is 5.02 Å². The SMILES string of the molecule is Cc1ccc(NC(=O)CSC2=NC(C)(C)N=C2c2ccc(Cl)cc2)cc1C. The minimum Gasteiger partial charge on any atom is -0.325 e. The van der Waals surface area contributed by atoms with Gasteiger partial charge in [0.2, 0.25) is 5.91 Å². The maximum atomic E-state index is 12.4. The molecule has 1 heterocycles. The van der Waals surface area contributed by atoms with Crippen LogP contribution in [-0.4, -0.2) is 28.1 Å². The van der Waals surface area contributed by atoms with Gasteiger partial charge in [-0.05, 0) is 63.1 Å². The summed E-state index contributed by atoms with van der Waals surface area (Å²) in [7, 11) is 0. The van der Waals surface area contributed by atoms with Gasteiger partial charge in [-0.2, -0.15) is 0 Å². The molecule has 0 unspecified atom stereocenters. The largest absolute Gasteiger partial charge is 0.325 e. The summed E-state index contributed by atoms with van der Waals surface area (Å²) < 4.78 is 0. The standard InChI is InChI=1S/C21H22ClN3OS/c1-13-5-10-17(11-14(13)2)23-18(26)12-27-20-19(24-21(3,4)25-20)15-6-8-16(22)9-7-15/h5-11H,12H2,1-4H3,(H,23,26). The van der Waals surface area contributed by atoms with E-state index in [1.807, 2.05) is 70.2 Å². The highest BCUT2D eigenvalue weighted by molar-refractivity contribution is 8.16. The number of rotatable bonds is 4. The van der Waals surface area contributed by atoms with E-state index in [2.05, 4.69) is 10.3 Å². The maximum Gasteiger partial charge on any atom is 0.234 e. The Bertz CT molecular complexity index is 933. The van der Waals surface area contributed by atoms with Crippen LogP contribution in [0.1, 0.15) is 30.5 Å². The molecular formula is C21H22ClN3OS. The van der Waals surface area contributed by atoms with Crippen molar-refractivity contribution in [3.05, 3.63) is 64.2 Å². The number of hydrogen-bond acceptors (Lipinski definition) is 4. The number of anilines is 1. The number of aliphatic imine (C=N–C) groups is 2. The van der Waals surface area contributed by atoms with Gasteiger partial charge in [-0.1, -0.05) is 41.6 Å². The fourth-order valence-corrected chi connectivity index (χ4v) is 3.75. The molecule has 6 heteroatoms. The predicted molar refractivity (Wildman–Crippen MR) is 117 cm³/mol. The molecule has 0 bridgehead atoms. The van der Waals surface area contributed by atoms with E-state index in [1.54, 1.807) is 0 Å². The maximum absolute atomic E-state index is 12.4. The second-order valence-corrected chi connectivity index (χ2v) is 8.42. The van der Waals surface area contributed by atoms with Crippen LogP contribution in [0.5, 0.6) is 0 Å². The van der Waals surface area contributed by atoms with Gasteiger partial charge < -0.3 is 5.32 Å². The monoisotopic (exact) mass is 399 g/mol. The predicted octanol–water partition coefficient (Wildman–Crippen LogP) is 5.27. The van der Waals surface area contributed by atoms with E-state index < -0.39 is 5.66 Å². The Hall–Kier alpha value is -2.11. The lowest BCUT2D eigenvalue weighted by Crippen LogP contribution is -2.17. The smallest absolute Gasteiger partial charge is 0.234 e. The van der Waals surface area contributed by atoms with Gasteiger partial charge in [0.25, 0.3) is 0 Å². The van der Waals surface area contributed by atoms with E-state index in [1.165, 1.54) is 17.3 Å². The highest BCUT2D eigenvalue weighted by atomic mass is 35.5. The summed E-state index contributed by atoms with van der Waals surface area (Å²) in [6.07, 6.45) is 0. The molecule has 140 valence electrons. The molecule has 0 atom stereocenters. The van der Waals surface area contributed by atoms with Crippen LogP contribution in [0.4, 0.5) is 5.69 Å². The number of carbonyl (C=O) groups is 1. The quantitative estimate of drug-likeness (QED) is 0.761. The van der Waals surface area contributed by atoms with Crippen molar-refractivity contribution in [1.29, 1.82) is 0 Å². The average Bonchev–Trinajstić information content (AvgIpc) is 2.92. The molecule has 3 rings (SSSR count). The zero-order valence-corrected chi connectivity index (χ0v) is 17.4. The Balaban J connectivity index is 1.68. The van der Waals surface area contributed by atoms with E-state index in [0.29, 0.717) is 5.02 Å². The van der Waals surface area contributed by atoms with Crippen molar-refractivity contribution in [3.63, 3.8) is 0 Å². The highest BCUT2D eigenvalue weighted by Gasteiger charge is 2.28. The van der Waals surface area contributed by atoms with E-state index >= 15 is 0 Å². The molecule has 4 nitrogen and oxygen atoms in total. The molecule has 1 amide bonds. The Labute approximate surface area is 169 Å². The second-order valence-electron chi connectivity index (χ2n) is 7.01. The van der Waals surface area contributed by atoms with Crippen molar-refractivity contribution >= 4 is 45.7 Å². The molecule has 2 aromatic rings. The average molecular weight is 400 g/mol. The summed E-state index contributed by atoms with van der Waals surface area (Å²) >= 11 is 7.39. The lowest BCUT2D eigenvalue weighted by Gasteiger charge is -2.09. The fourth-order valence-electron chi connectivity index (χ4n) is 2.69. The third-order valence-corrected chi connectivity index (χ3v) is 5.43. The zero-order valence-electron chi connectivity index (χ0n) is 15.8. The first-order valence-corrected chi connectivity index (χ1v) is 10.1. The third-order valence-electron chi connectivity index (χ3n) is 4.21. The number of hydrogen-bond donors (Lipinski definition) is 1. The van der Waals surface area contributed by atoms with E-state index in [-0.39, 0.29) is 11.7 Å². The van der Waals surface area contributed by atoms with Gasteiger partial charge in [-0.25, -0.2) is 4.99 Å². The molecule has 0 aromatic heterocycles. The minimum atomic E-state index is -0.526. The number of nitrogens with zero attached hydrogens (tertiary/aromatic N) is 2. The summed E-state index contributed by atoms with van der Waals surface area (Å²) in [6, 6.07) is 13.4. The first kappa shape index (κ1) is 19.6. The van der Waals surface area contributed by atoms with Gasteiger partial charge in [-0.3, -0.25) is 9.79 Å². The summed E-state index contributed by atoms with van der Waals surface area (Å²) in [6.45, 7) is 7.98. The second kappa shape index (κ2) is 7.87. The number of halogens is 1. The van der Waals surface area contributed by atoms with Crippen LogP contribution in [0.25, 0.3) is 0 Å². The van der Waals surface area contributed by atoms with Crippen molar-refractivity contribution in [1.82, 2.24) is 0 Å². The van der Waals surface area contributed by atoms with Gasteiger partial charge in [-0.15, -0.1) is 0 Å². The molecule has 1 aliphatic heterocycles. The lowest BCUT2D eigenvalue weighted by molar-refractivity contribution is -0.113. The Kier molecular flexibility index (Phi) is 5.72. The lowest BCUT2D eigenvalue weighted by atomic mass is 10.1. The zero-order chi connectivity index (χ0) is 19.6. The fraction of sp³-hybridized carbons (Fsp3) is 0.286. The molecule has 0 radical (unpaired) electrons. The van der Waals surface area contributed by atoms with Crippen LogP contribution < -0.4 is 5.32 Å². The number of thioether (sulfide) groups is 1. The van der Waals surface area contributed by atoms with E-state index in [9.17, 15) is 4.79 Å². The molecule has 1 aliphatic rings. The number of benzene rings is 2. The normalized spacial score (nSPS) is 15.3. The van der Waals surface area contributed by atoms with Crippen LogP contribution in [0.3, 0.4) is 0 Å². The van der Waals surface area contributed by atoms with Crippen LogP contribution in [0.15, 0.2) is 52.4 Å². The molecule has 1 N–H and O–H groups in total. The Morgan fingerprint density at radius 3 is 2.44 bits per heavy atom. The van der Waals surface area contributed by atoms with Crippen LogP contribution in [-0.2, 0) is 4.79 Å². The Morgan fingerprint density at radius 2 is 1.78 bits per heavy atom. The summed E-state index contributed by atoms with van der Waals surface area (Å²) in [5.41, 5.74) is 4.39. The molecule has 27 heavy (non-hydrogen) atoms. The van der Waals surface area contributed by atoms with E-state index in [4.69, 9.17) is 16.6 Å². The summed E-state index contributed by atoms with van der Waals surface area (Å²) in [4.78, 5) is 21.7. The van der Waals surface area contributed by atoms with Crippen LogP contribution >= 0.6 is 23.4 Å². The molecule has 0 spiro atoms. The van der Waals surface area contributed by atoms with Gasteiger partial charge in [0.05, 0.1) is 11.5 Å². The number of nitrogens with one attached hydrogen (secondary N) is 1. The Morgan fingerprint density at radius 1 is 1.07 bits per heavy atom. The van der Waals surface area contributed by atoms with Crippen LogP contribution in [0, 0.1) is 13.8 Å². The van der Waals surface area contributed by atoms with Crippen molar-refractivity contribution in [2.75, 3.05) is 11.1 Å². The first-order chi connectivity index (χ1) is 12.7. The molecule has 0 saturated heterocycles. The van der Waals surface area contributed by atoms with Gasteiger partial charge >= 0.3 is 0 Å². The molecular weight excluding hydrogens is 378 g/mol. The molecule has 0 aliphatic carbocycles. The molecule has 2 aromatic carbocycles. The first-order valence-electron chi connectivity index (χ1n) is 8.69. The van der Waals surface area contributed by atoms with Gasteiger partial charge in [0.15, 0.2) is 0 Å². The molecule has 0 saturated carbocycles. The van der Waals surface area contributed by atoms with Gasteiger partial charge in [0.1, 0.15) is 10.7 Å². The number of amides is 1. The summed E-state index contributed by atoms with van der Waals surface area (Å²) in [5, 5.41) is 4.40. The van der Waals surface area contributed by atoms with Crippen molar-refractivity contribution in [2.45, 2.75) is 33.4 Å². The number of aryl methyl sites for hydroxylation is 2. The van der Waals surface area contributed by atoms with Crippen molar-refractivity contribution in [3.8, 4) is 0 Å². The van der Waals surface area contributed by atoms with Crippen molar-refractivity contribution in [2.24, 2.45) is 9.98 Å². The number of carbonyl (C=O) groups excluding carboxylic acids is 1. The van der Waals surface area contributed by atoms with Crippen molar-refractivity contribution < 1.29 is 4.79 Å². The molecule has 0 fully saturated rings. The highest BCUT2D eigenvalue weighted by Crippen LogP contribution is 2.27. The topological polar surface area (TPSA) is 53.8 Å². The third kappa shape index (κ3) is 4.99.